The summed E-state index contributed by atoms with van der Waals surface area (Å²) in [6, 6.07) is 6.67. The Balaban J connectivity index is 1.72. The summed E-state index contributed by atoms with van der Waals surface area (Å²) in [5.74, 6) is 0.402. The van der Waals surface area contributed by atoms with Gasteiger partial charge in [0.2, 0.25) is 0 Å². The van der Waals surface area contributed by atoms with Gasteiger partial charge in [0.15, 0.2) is 0 Å². The fraction of sp³-hybridized carbons (Fsp3) is 0.467. The molecule has 2 amide bonds. The Kier molecular flexibility index (Phi) is 4.61. The van der Waals surface area contributed by atoms with E-state index in [-0.39, 0.29) is 6.03 Å². The fourth-order valence-electron chi connectivity index (χ4n) is 2.23. The van der Waals surface area contributed by atoms with E-state index in [1.54, 1.807) is 24.3 Å². The van der Waals surface area contributed by atoms with Crippen LogP contribution in [0.1, 0.15) is 29.3 Å². The van der Waals surface area contributed by atoms with Crippen molar-refractivity contribution in [2.45, 2.75) is 19.8 Å². The molecule has 0 aromatic heterocycles. The van der Waals surface area contributed by atoms with Gasteiger partial charge in [-0.25, -0.2) is 9.59 Å². The number of carboxylic acid groups (broad SMARTS) is 1. The average molecular weight is 276 g/mol. The summed E-state index contributed by atoms with van der Waals surface area (Å²) in [6.07, 6.45) is 1.70. The number of carbonyl (C=O) groups excluding carboxylic acids is 1. The van der Waals surface area contributed by atoms with E-state index in [0.717, 1.165) is 18.0 Å². The predicted molar refractivity (Wildman–Crippen MR) is 75.8 cm³/mol. The van der Waals surface area contributed by atoms with E-state index < -0.39 is 5.97 Å². The maximum absolute atomic E-state index is 11.6. The molecular formula is C15H20N2O3. The first kappa shape index (κ1) is 14.4. The summed E-state index contributed by atoms with van der Waals surface area (Å²) in [6.45, 7) is 3.32. The van der Waals surface area contributed by atoms with E-state index in [4.69, 9.17) is 5.11 Å². The highest BCUT2D eigenvalue weighted by Crippen LogP contribution is 2.36. The molecule has 0 radical (unpaired) electrons. The highest BCUT2D eigenvalue weighted by molar-refractivity contribution is 5.89. The van der Waals surface area contributed by atoms with Gasteiger partial charge >= 0.3 is 12.0 Å². The standard InChI is InChI=1S/C15H20N2O3/c1-10-8-12(10)9-17-15(20)16-7-6-11-4-2-3-5-13(11)14(18)19/h2-5,10,12H,6-9H2,1H3,(H,18,19)(H2,16,17,20). The van der Waals surface area contributed by atoms with E-state index >= 15 is 0 Å². The molecule has 5 nitrogen and oxygen atoms in total. The van der Waals surface area contributed by atoms with Gasteiger partial charge in [-0.2, -0.15) is 0 Å². The molecule has 0 aliphatic heterocycles. The van der Waals surface area contributed by atoms with Gasteiger partial charge in [0.05, 0.1) is 5.56 Å². The zero-order valence-corrected chi connectivity index (χ0v) is 11.6. The van der Waals surface area contributed by atoms with Crippen LogP contribution >= 0.6 is 0 Å². The first-order valence-corrected chi connectivity index (χ1v) is 6.91. The Morgan fingerprint density at radius 2 is 2.00 bits per heavy atom. The average Bonchev–Trinajstić information content (AvgIpc) is 3.13. The van der Waals surface area contributed by atoms with Crippen molar-refractivity contribution in [1.82, 2.24) is 10.6 Å². The lowest BCUT2D eigenvalue weighted by Gasteiger charge is -2.08. The molecule has 20 heavy (non-hydrogen) atoms. The monoisotopic (exact) mass is 276 g/mol. The highest BCUT2D eigenvalue weighted by Gasteiger charge is 2.32. The van der Waals surface area contributed by atoms with Gasteiger partial charge in [0.1, 0.15) is 0 Å². The van der Waals surface area contributed by atoms with E-state index in [9.17, 15) is 9.59 Å². The number of carbonyl (C=O) groups is 2. The van der Waals surface area contributed by atoms with Gasteiger partial charge in [-0.05, 0) is 36.3 Å². The smallest absolute Gasteiger partial charge is 0.335 e. The van der Waals surface area contributed by atoms with Crippen LogP contribution in [-0.4, -0.2) is 30.2 Å². The molecule has 108 valence electrons. The van der Waals surface area contributed by atoms with Gasteiger partial charge in [0.25, 0.3) is 0 Å². The maximum atomic E-state index is 11.6. The van der Waals surface area contributed by atoms with Crippen molar-refractivity contribution in [3.63, 3.8) is 0 Å². The second-order valence-corrected chi connectivity index (χ2v) is 5.32. The topological polar surface area (TPSA) is 78.4 Å². The quantitative estimate of drug-likeness (QED) is 0.742. The molecular weight excluding hydrogens is 256 g/mol. The minimum atomic E-state index is -0.937. The third-order valence-electron chi connectivity index (χ3n) is 3.73. The van der Waals surface area contributed by atoms with Crippen LogP contribution < -0.4 is 10.6 Å². The first-order valence-electron chi connectivity index (χ1n) is 6.91. The SMILES string of the molecule is CC1CC1CNC(=O)NCCc1ccccc1C(=O)O. The van der Waals surface area contributed by atoms with E-state index in [1.807, 2.05) is 0 Å². The number of hydrogen-bond donors (Lipinski definition) is 3. The molecule has 2 rings (SSSR count). The lowest BCUT2D eigenvalue weighted by atomic mass is 10.0. The number of nitrogens with one attached hydrogen (secondary N) is 2. The lowest BCUT2D eigenvalue weighted by molar-refractivity contribution is 0.0695. The second-order valence-electron chi connectivity index (χ2n) is 5.32. The van der Waals surface area contributed by atoms with Gasteiger partial charge in [-0.1, -0.05) is 25.1 Å². The minimum absolute atomic E-state index is 0.183. The van der Waals surface area contributed by atoms with Gasteiger partial charge in [-0.15, -0.1) is 0 Å². The van der Waals surface area contributed by atoms with Crippen molar-refractivity contribution in [2.75, 3.05) is 13.1 Å². The predicted octanol–water partition coefficient (Wildman–Crippen LogP) is 1.88. The summed E-state index contributed by atoms with van der Waals surface area (Å²) in [7, 11) is 0. The molecule has 1 aromatic carbocycles. The van der Waals surface area contributed by atoms with Crippen molar-refractivity contribution in [2.24, 2.45) is 11.8 Å². The largest absolute Gasteiger partial charge is 0.478 e. The summed E-state index contributed by atoms with van der Waals surface area (Å²) in [5.41, 5.74) is 1.03. The van der Waals surface area contributed by atoms with Crippen LogP contribution in [0.25, 0.3) is 0 Å². The third-order valence-corrected chi connectivity index (χ3v) is 3.73. The van der Waals surface area contributed by atoms with Crippen LogP contribution in [-0.2, 0) is 6.42 Å². The molecule has 1 saturated carbocycles. The minimum Gasteiger partial charge on any atom is -0.478 e. The summed E-state index contributed by atoms with van der Waals surface area (Å²) < 4.78 is 0. The van der Waals surface area contributed by atoms with E-state index in [0.29, 0.717) is 24.4 Å². The normalized spacial score (nSPS) is 20.2. The number of aromatic carboxylic acids is 1. The Hall–Kier alpha value is -2.04. The van der Waals surface area contributed by atoms with Crippen LogP contribution in [0.5, 0.6) is 0 Å². The molecule has 0 bridgehead atoms. The van der Waals surface area contributed by atoms with Crippen molar-refractivity contribution in [3.8, 4) is 0 Å². The highest BCUT2D eigenvalue weighted by atomic mass is 16.4. The fourth-order valence-corrected chi connectivity index (χ4v) is 2.23. The number of hydrogen-bond acceptors (Lipinski definition) is 2. The summed E-state index contributed by atoms with van der Waals surface area (Å²) in [5, 5.41) is 14.6. The van der Waals surface area contributed by atoms with Crippen molar-refractivity contribution >= 4 is 12.0 Å². The molecule has 2 unspecified atom stereocenters. The van der Waals surface area contributed by atoms with E-state index in [2.05, 4.69) is 17.6 Å². The molecule has 2 atom stereocenters. The van der Waals surface area contributed by atoms with Crippen LogP contribution in [0.15, 0.2) is 24.3 Å². The molecule has 1 fully saturated rings. The molecule has 0 spiro atoms. The zero-order valence-electron chi connectivity index (χ0n) is 11.6. The molecule has 0 heterocycles. The third kappa shape index (κ3) is 3.98. The van der Waals surface area contributed by atoms with Gasteiger partial charge < -0.3 is 15.7 Å². The number of urea groups is 1. The maximum Gasteiger partial charge on any atom is 0.335 e. The van der Waals surface area contributed by atoms with Crippen molar-refractivity contribution < 1.29 is 14.7 Å². The number of amides is 2. The number of carboxylic acids is 1. The molecule has 3 N–H and O–H groups in total. The van der Waals surface area contributed by atoms with Gasteiger partial charge in [0, 0.05) is 13.1 Å². The van der Waals surface area contributed by atoms with Crippen molar-refractivity contribution in [1.29, 1.82) is 0 Å². The number of rotatable bonds is 6. The Labute approximate surface area is 118 Å². The van der Waals surface area contributed by atoms with Crippen LogP contribution in [0, 0.1) is 11.8 Å². The van der Waals surface area contributed by atoms with E-state index in [1.165, 1.54) is 6.42 Å². The Morgan fingerprint density at radius 3 is 2.65 bits per heavy atom. The first-order chi connectivity index (χ1) is 9.58. The summed E-state index contributed by atoms with van der Waals surface area (Å²) in [4.78, 5) is 22.6. The van der Waals surface area contributed by atoms with Crippen molar-refractivity contribution in [3.05, 3.63) is 35.4 Å². The molecule has 0 saturated heterocycles. The Bertz CT molecular complexity index is 502. The molecule has 1 aliphatic rings. The van der Waals surface area contributed by atoms with Crippen LogP contribution in [0.4, 0.5) is 4.79 Å². The number of benzene rings is 1. The second kappa shape index (κ2) is 6.41. The van der Waals surface area contributed by atoms with Crippen LogP contribution in [0.3, 0.4) is 0 Å². The van der Waals surface area contributed by atoms with Crippen LogP contribution in [0.2, 0.25) is 0 Å². The Morgan fingerprint density at radius 1 is 1.30 bits per heavy atom. The molecule has 1 aliphatic carbocycles. The molecule has 1 aromatic rings. The molecule has 5 heteroatoms. The van der Waals surface area contributed by atoms with Gasteiger partial charge in [-0.3, -0.25) is 0 Å². The zero-order chi connectivity index (χ0) is 14.5. The lowest BCUT2D eigenvalue weighted by Crippen LogP contribution is -2.37. The summed E-state index contributed by atoms with van der Waals surface area (Å²) >= 11 is 0.